The number of benzene rings is 1. The fraction of sp³-hybridized carbons (Fsp3) is 0.125. The van der Waals surface area contributed by atoms with E-state index in [-0.39, 0.29) is 27.1 Å². The first-order valence-electron chi connectivity index (χ1n) is 7.89. The van der Waals surface area contributed by atoms with Gasteiger partial charge in [0.25, 0.3) is 15.9 Å². The highest BCUT2D eigenvalue weighted by atomic mass is 35.5. The zero-order chi connectivity index (χ0) is 21.1. The molecule has 2 aromatic heterocycles. The molecular weight excluding hydrogens is 462 g/mol. The predicted molar refractivity (Wildman–Crippen MR) is 106 cm³/mol. The van der Waals surface area contributed by atoms with E-state index in [2.05, 4.69) is 4.98 Å². The number of carbonyl (C=O) groups is 1. The summed E-state index contributed by atoms with van der Waals surface area (Å²) < 4.78 is 53.7. The van der Waals surface area contributed by atoms with E-state index >= 15 is 0 Å². The molecule has 1 amide bonds. The normalized spacial score (nSPS) is 12.0. The maximum Gasteiger partial charge on any atom is 0.285 e. The van der Waals surface area contributed by atoms with Crippen molar-refractivity contribution in [1.82, 2.24) is 15.2 Å². The van der Waals surface area contributed by atoms with E-state index in [0.29, 0.717) is 10.8 Å². The molecule has 0 radical (unpaired) electrons. The minimum absolute atomic E-state index is 0.0924. The van der Waals surface area contributed by atoms with Gasteiger partial charge in [-0.1, -0.05) is 11.6 Å². The monoisotopic (exact) mass is 475 g/mol. The number of sulfonamides is 1. The second-order valence-electron chi connectivity index (χ2n) is 5.75. The topological polar surface area (TPSA) is 135 Å². The molecule has 0 aliphatic heterocycles. The highest BCUT2D eigenvalue weighted by Gasteiger charge is 2.20. The van der Waals surface area contributed by atoms with Gasteiger partial charge in [0.1, 0.15) is 28.0 Å². The molecule has 0 bridgehead atoms. The molecule has 2 N–H and O–H groups in total. The first-order chi connectivity index (χ1) is 13.6. The molecule has 2 heterocycles. The second kappa shape index (κ2) is 8.63. The maximum atomic E-state index is 12.2. The minimum atomic E-state index is -4.00. The van der Waals surface area contributed by atoms with Crippen LogP contribution in [-0.4, -0.2) is 27.7 Å². The predicted octanol–water partition coefficient (Wildman–Crippen LogP) is 2.13. The van der Waals surface area contributed by atoms with Gasteiger partial charge < -0.3 is 4.42 Å². The number of amides is 1. The Morgan fingerprint density at radius 1 is 1.10 bits per heavy atom. The number of hydrazine groups is 1. The number of thiazole rings is 1. The standard InChI is InChI=1S/C16H14ClN3O6S3/c17-11-3-5-13(6-4-11)29(24,25)20-19-16(21)14-8-27-15(18-14)10-28(22,23)9-12-2-1-7-26-12/h1-8,20H,9-10H2,(H,19,21). The molecule has 1 aromatic carbocycles. The molecule has 0 saturated heterocycles. The van der Waals surface area contributed by atoms with E-state index in [4.69, 9.17) is 16.0 Å². The van der Waals surface area contributed by atoms with Crippen LogP contribution in [0.2, 0.25) is 5.02 Å². The van der Waals surface area contributed by atoms with Gasteiger partial charge in [-0.05, 0) is 36.4 Å². The van der Waals surface area contributed by atoms with Crippen LogP contribution in [-0.2, 0) is 31.4 Å². The van der Waals surface area contributed by atoms with Crippen LogP contribution in [0.5, 0.6) is 0 Å². The average molecular weight is 476 g/mol. The zero-order valence-corrected chi connectivity index (χ0v) is 17.7. The van der Waals surface area contributed by atoms with Crippen LogP contribution in [0, 0.1) is 0 Å². The van der Waals surface area contributed by atoms with Crippen molar-refractivity contribution >= 4 is 48.7 Å². The van der Waals surface area contributed by atoms with Gasteiger partial charge in [-0.2, -0.15) is 0 Å². The number of hydrogen-bond acceptors (Lipinski definition) is 8. The second-order valence-corrected chi connectivity index (χ2v) is 10.9. The smallest absolute Gasteiger partial charge is 0.285 e. The van der Waals surface area contributed by atoms with Crippen molar-refractivity contribution in [3.05, 3.63) is 69.5 Å². The van der Waals surface area contributed by atoms with Gasteiger partial charge >= 0.3 is 0 Å². The van der Waals surface area contributed by atoms with Crippen molar-refractivity contribution in [2.45, 2.75) is 16.4 Å². The minimum Gasteiger partial charge on any atom is -0.468 e. The Bertz CT molecular complexity index is 1200. The van der Waals surface area contributed by atoms with Crippen LogP contribution < -0.4 is 10.3 Å². The first-order valence-corrected chi connectivity index (χ1v) is 12.5. The zero-order valence-electron chi connectivity index (χ0n) is 14.5. The fourth-order valence-electron chi connectivity index (χ4n) is 2.18. The van der Waals surface area contributed by atoms with Gasteiger partial charge in [-0.25, -0.2) is 21.8 Å². The summed E-state index contributed by atoms with van der Waals surface area (Å²) >= 11 is 6.69. The Balaban J connectivity index is 1.61. The van der Waals surface area contributed by atoms with Crippen LogP contribution in [0.15, 0.2) is 57.4 Å². The van der Waals surface area contributed by atoms with Crippen LogP contribution in [0.4, 0.5) is 0 Å². The number of carbonyl (C=O) groups excluding carboxylic acids is 1. The summed E-state index contributed by atoms with van der Waals surface area (Å²) in [5, 5.41) is 1.90. The highest BCUT2D eigenvalue weighted by Crippen LogP contribution is 2.17. The summed E-state index contributed by atoms with van der Waals surface area (Å²) in [7, 11) is -7.55. The summed E-state index contributed by atoms with van der Waals surface area (Å²) in [6.45, 7) is 0. The molecule has 0 fully saturated rings. The molecule has 3 aromatic rings. The molecule has 13 heteroatoms. The lowest BCUT2D eigenvalue weighted by molar-refractivity contribution is 0.0940. The van der Waals surface area contributed by atoms with Crippen molar-refractivity contribution in [1.29, 1.82) is 0 Å². The fourth-order valence-corrected chi connectivity index (χ4v) is 5.66. The van der Waals surface area contributed by atoms with E-state index in [1.165, 1.54) is 35.9 Å². The van der Waals surface area contributed by atoms with E-state index in [9.17, 15) is 21.6 Å². The van der Waals surface area contributed by atoms with E-state index in [0.717, 1.165) is 11.3 Å². The molecule has 0 aliphatic rings. The molecule has 0 spiro atoms. The van der Waals surface area contributed by atoms with Crippen LogP contribution in [0.25, 0.3) is 0 Å². The number of furan rings is 1. The van der Waals surface area contributed by atoms with Gasteiger partial charge in [0.05, 0.1) is 11.2 Å². The molecule has 0 unspecified atom stereocenters. The summed E-state index contributed by atoms with van der Waals surface area (Å²) in [6.07, 6.45) is 1.38. The first kappa shape index (κ1) is 21.5. The number of nitrogens with one attached hydrogen (secondary N) is 2. The SMILES string of the molecule is O=C(NNS(=O)(=O)c1ccc(Cl)cc1)c1csc(CS(=O)(=O)Cc2ccco2)n1. The van der Waals surface area contributed by atoms with Crippen molar-refractivity contribution in [2.75, 3.05) is 0 Å². The molecule has 0 aliphatic carbocycles. The Morgan fingerprint density at radius 3 is 2.48 bits per heavy atom. The van der Waals surface area contributed by atoms with Gasteiger partial charge in [0.2, 0.25) is 0 Å². The van der Waals surface area contributed by atoms with Gasteiger partial charge in [-0.3, -0.25) is 10.2 Å². The Kier molecular flexibility index (Phi) is 6.39. The molecule has 0 saturated carbocycles. The number of sulfone groups is 1. The van der Waals surface area contributed by atoms with Crippen molar-refractivity contribution in [3.63, 3.8) is 0 Å². The Hall–Kier alpha value is -2.25. The van der Waals surface area contributed by atoms with Crippen LogP contribution in [0.1, 0.15) is 21.3 Å². The third kappa shape index (κ3) is 5.87. The molecular formula is C16H14ClN3O6S3. The average Bonchev–Trinajstić information content (AvgIpc) is 3.31. The lowest BCUT2D eigenvalue weighted by Crippen LogP contribution is -2.41. The van der Waals surface area contributed by atoms with Gasteiger partial charge in [-0.15, -0.1) is 16.2 Å². The molecule has 0 atom stereocenters. The number of halogens is 1. The largest absolute Gasteiger partial charge is 0.468 e. The number of hydrogen-bond donors (Lipinski definition) is 2. The number of rotatable bonds is 8. The van der Waals surface area contributed by atoms with Gasteiger partial charge in [0, 0.05) is 10.4 Å². The summed E-state index contributed by atoms with van der Waals surface area (Å²) in [6, 6.07) is 8.48. The Labute approximate surface area is 175 Å². The molecule has 154 valence electrons. The quantitative estimate of drug-likeness (QED) is 0.476. The van der Waals surface area contributed by atoms with Crippen LogP contribution >= 0.6 is 22.9 Å². The van der Waals surface area contributed by atoms with E-state index in [1.807, 2.05) is 10.3 Å². The van der Waals surface area contributed by atoms with Gasteiger partial charge in [0.15, 0.2) is 9.84 Å². The van der Waals surface area contributed by atoms with E-state index in [1.54, 1.807) is 12.1 Å². The maximum absolute atomic E-state index is 12.2. The number of nitrogens with zero attached hydrogens (tertiary/aromatic N) is 1. The van der Waals surface area contributed by atoms with Crippen molar-refractivity contribution in [3.8, 4) is 0 Å². The Morgan fingerprint density at radius 2 is 1.83 bits per heavy atom. The van der Waals surface area contributed by atoms with Crippen molar-refractivity contribution in [2.24, 2.45) is 0 Å². The summed E-state index contributed by atoms with van der Waals surface area (Å²) in [5.74, 6) is -1.19. The number of aromatic nitrogens is 1. The molecule has 3 rings (SSSR count). The summed E-state index contributed by atoms with van der Waals surface area (Å²) in [5.41, 5.74) is 1.92. The van der Waals surface area contributed by atoms with Crippen molar-refractivity contribution < 1.29 is 26.0 Å². The van der Waals surface area contributed by atoms with E-state index < -0.39 is 25.8 Å². The third-order valence-electron chi connectivity index (χ3n) is 3.49. The lowest BCUT2D eigenvalue weighted by Gasteiger charge is -2.07. The lowest BCUT2D eigenvalue weighted by atomic mass is 10.4. The third-order valence-corrected chi connectivity index (χ3v) is 7.48. The molecule has 29 heavy (non-hydrogen) atoms. The summed E-state index contributed by atoms with van der Waals surface area (Å²) in [4.78, 5) is 17.9. The van der Waals surface area contributed by atoms with Crippen LogP contribution in [0.3, 0.4) is 0 Å². The molecule has 9 nitrogen and oxygen atoms in total. The highest BCUT2D eigenvalue weighted by molar-refractivity contribution is 7.90.